The summed E-state index contributed by atoms with van der Waals surface area (Å²) in [6.45, 7) is 1.83. The minimum absolute atomic E-state index is 0.191. The van der Waals surface area contributed by atoms with Gasteiger partial charge < -0.3 is 14.8 Å². The van der Waals surface area contributed by atoms with Crippen molar-refractivity contribution in [2.45, 2.75) is 6.92 Å². The highest BCUT2D eigenvalue weighted by Crippen LogP contribution is 2.30. The zero-order valence-electron chi connectivity index (χ0n) is 17.8. The molecule has 2 heterocycles. The highest BCUT2D eigenvalue weighted by Gasteiger charge is 2.14. The van der Waals surface area contributed by atoms with E-state index < -0.39 is 0 Å². The molecule has 0 saturated carbocycles. The highest BCUT2D eigenvalue weighted by atomic mass is 16.5. The molecule has 0 saturated heterocycles. The van der Waals surface area contributed by atoms with E-state index in [9.17, 15) is 4.79 Å². The van der Waals surface area contributed by atoms with Gasteiger partial charge >= 0.3 is 0 Å². The molecule has 0 fully saturated rings. The van der Waals surface area contributed by atoms with E-state index in [1.54, 1.807) is 37.8 Å². The monoisotopic (exact) mass is 426 g/mol. The van der Waals surface area contributed by atoms with Gasteiger partial charge in [-0.2, -0.15) is 0 Å². The quantitative estimate of drug-likeness (QED) is 0.467. The Morgan fingerprint density at radius 3 is 2.50 bits per heavy atom. The zero-order valence-corrected chi connectivity index (χ0v) is 17.8. The van der Waals surface area contributed by atoms with E-state index in [4.69, 9.17) is 9.47 Å². The molecule has 2 aromatic heterocycles. The summed E-state index contributed by atoms with van der Waals surface area (Å²) >= 11 is 0. The van der Waals surface area contributed by atoms with Gasteiger partial charge in [0.05, 0.1) is 19.0 Å². The molecule has 32 heavy (non-hydrogen) atoms. The summed E-state index contributed by atoms with van der Waals surface area (Å²) in [5.74, 6) is 1.02. The van der Waals surface area contributed by atoms with Crippen molar-refractivity contribution >= 4 is 11.7 Å². The minimum atomic E-state index is -0.356. The fourth-order valence-corrected chi connectivity index (χ4v) is 3.22. The van der Waals surface area contributed by atoms with E-state index in [0.29, 0.717) is 28.7 Å². The van der Waals surface area contributed by atoms with Crippen molar-refractivity contribution in [3.05, 3.63) is 84.8 Å². The van der Waals surface area contributed by atoms with E-state index in [-0.39, 0.29) is 12.5 Å². The molecule has 0 bridgehead atoms. The number of anilines is 1. The molecule has 4 rings (SSSR count). The number of nitrogens with one attached hydrogen (secondary N) is 1. The first-order valence-electron chi connectivity index (χ1n) is 10.0. The maximum absolute atomic E-state index is 12.5. The number of aromatic nitrogens is 3. The van der Waals surface area contributed by atoms with Gasteiger partial charge in [-0.05, 0) is 37.3 Å². The van der Waals surface area contributed by atoms with Gasteiger partial charge in [0, 0.05) is 23.5 Å². The molecule has 0 atom stereocenters. The SMILES string of the molecule is COc1ccccc1OCC(=O)Nc1cnc(-c2cccc(C)c2)c(-c2cccnc2)n1. The van der Waals surface area contributed by atoms with Crippen LogP contribution < -0.4 is 14.8 Å². The average Bonchev–Trinajstić information content (AvgIpc) is 2.83. The molecule has 0 aliphatic rings. The van der Waals surface area contributed by atoms with Gasteiger partial charge in [0.15, 0.2) is 23.9 Å². The Kier molecular flexibility index (Phi) is 6.36. The Labute approximate surface area is 186 Å². The van der Waals surface area contributed by atoms with Crippen LogP contribution in [0.2, 0.25) is 0 Å². The molecule has 7 nitrogen and oxygen atoms in total. The molecule has 160 valence electrons. The lowest BCUT2D eigenvalue weighted by Crippen LogP contribution is -2.21. The van der Waals surface area contributed by atoms with Crippen LogP contribution in [0.15, 0.2) is 79.3 Å². The van der Waals surface area contributed by atoms with Crippen LogP contribution in [0, 0.1) is 6.92 Å². The molecule has 1 N–H and O–H groups in total. The number of ether oxygens (including phenoxy) is 2. The molecule has 1 amide bonds. The van der Waals surface area contributed by atoms with Crippen LogP contribution >= 0.6 is 0 Å². The highest BCUT2D eigenvalue weighted by molar-refractivity contribution is 5.91. The van der Waals surface area contributed by atoms with Crippen molar-refractivity contribution in [1.82, 2.24) is 15.0 Å². The smallest absolute Gasteiger partial charge is 0.263 e. The zero-order chi connectivity index (χ0) is 22.3. The van der Waals surface area contributed by atoms with Crippen molar-refractivity contribution < 1.29 is 14.3 Å². The third-order valence-electron chi connectivity index (χ3n) is 4.69. The molecule has 2 aromatic carbocycles. The van der Waals surface area contributed by atoms with Crippen LogP contribution in [0.1, 0.15) is 5.56 Å². The Bertz CT molecular complexity index is 1230. The van der Waals surface area contributed by atoms with Crippen molar-refractivity contribution in [2.24, 2.45) is 0 Å². The molecule has 0 aliphatic carbocycles. The van der Waals surface area contributed by atoms with Gasteiger partial charge in [-0.25, -0.2) is 4.98 Å². The Balaban J connectivity index is 1.58. The fraction of sp³-hybridized carbons (Fsp3) is 0.120. The summed E-state index contributed by atoms with van der Waals surface area (Å²) in [6.07, 6.45) is 4.96. The van der Waals surface area contributed by atoms with E-state index in [1.165, 1.54) is 0 Å². The maximum atomic E-state index is 12.5. The lowest BCUT2D eigenvalue weighted by molar-refractivity contribution is -0.118. The first-order chi connectivity index (χ1) is 15.6. The van der Waals surface area contributed by atoms with Crippen LogP contribution in [0.5, 0.6) is 11.5 Å². The lowest BCUT2D eigenvalue weighted by Gasteiger charge is -2.12. The number of carbonyl (C=O) groups is 1. The number of aryl methyl sites for hydroxylation is 1. The van der Waals surface area contributed by atoms with E-state index in [1.807, 2.05) is 55.5 Å². The second-order valence-corrected chi connectivity index (χ2v) is 7.05. The second-order valence-electron chi connectivity index (χ2n) is 7.05. The van der Waals surface area contributed by atoms with Crippen LogP contribution in [0.4, 0.5) is 5.82 Å². The third kappa shape index (κ3) is 4.89. The number of hydrogen-bond acceptors (Lipinski definition) is 6. The third-order valence-corrected chi connectivity index (χ3v) is 4.69. The normalized spacial score (nSPS) is 10.4. The summed E-state index contributed by atoms with van der Waals surface area (Å²) in [4.78, 5) is 25.9. The Hall–Kier alpha value is -4.26. The maximum Gasteiger partial charge on any atom is 0.263 e. The molecule has 0 aliphatic heterocycles. The molecule has 0 unspecified atom stereocenters. The lowest BCUT2D eigenvalue weighted by atomic mass is 10.0. The number of para-hydroxylation sites is 2. The molecule has 0 spiro atoms. The summed E-state index contributed by atoms with van der Waals surface area (Å²) in [5.41, 5.74) is 4.20. The van der Waals surface area contributed by atoms with Gasteiger partial charge in [0.25, 0.3) is 5.91 Å². The van der Waals surface area contributed by atoms with Crippen molar-refractivity contribution in [2.75, 3.05) is 19.0 Å². The number of hydrogen-bond donors (Lipinski definition) is 1. The number of nitrogens with zero attached hydrogens (tertiary/aromatic N) is 3. The number of carbonyl (C=O) groups excluding carboxylic acids is 1. The Morgan fingerprint density at radius 1 is 0.938 bits per heavy atom. The number of amides is 1. The molecular weight excluding hydrogens is 404 g/mol. The topological polar surface area (TPSA) is 86.2 Å². The van der Waals surface area contributed by atoms with E-state index in [0.717, 1.165) is 16.7 Å². The number of benzene rings is 2. The number of rotatable bonds is 7. The van der Waals surface area contributed by atoms with Gasteiger partial charge in [0.2, 0.25) is 0 Å². The largest absolute Gasteiger partial charge is 0.493 e. The number of methoxy groups -OCH3 is 1. The van der Waals surface area contributed by atoms with Crippen LogP contribution in [0.25, 0.3) is 22.5 Å². The number of pyridine rings is 1. The van der Waals surface area contributed by atoms with Crippen molar-refractivity contribution in [3.8, 4) is 34.0 Å². The minimum Gasteiger partial charge on any atom is -0.493 e. The van der Waals surface area contributed by atoms with Gasteiger partial charge in [-0.15, -0.1) is 0 Å². The predicted molar refractivity (Wildman–Crippen MR) is 123 cm³/mol. The molecule has 0 radical (unpaired) electrons. The van der Waals surface area contributed by atoms with Crippen LogP contribution in [0.3, 0.4) is 0 Å². The summed E-state index contributed by atoms with van der Waals surface area (Å²) in [7, 11) is 1.55. The molecule has 7 heteroatoms. The van der Waals surface area contributed by atoms with Gasteiger partial charge in [0.1, 0.15) is 5.69 Å². The summed E-state index contributed by atoms with van der Waals surface area (Å²) < 4.78 is 10.8. The van der Waals surface area contributed by atoms with Crippen LogP contribution in [-0.4, -0.2) is 34.6 Å². The average molecular weight is 426 g/mol. The second kappa shape index (κ2) is 9.70. The summed E-state index contributed by atoms with van der Waals surface area (Å²) in [5, 5.41) is 2.75. The van der Waals surface area contributed by atoms with Crippen molar-refractivity contribution in [3.63, 3.8) is 0 Å². The standard InChI is InChI=1S/C25H22N4O3/c1-17-7-5-8-18(13-17)24-25(19-9-6-12-26-14-19)29-22(15-27-24)28-23(30)16-32-21-11-4-3-10-20(21)31-2/h3-15H,16H2,1-2H3,(H,28,29,30). The van der Waals surface area contributed by atoms with Gasteiger partial charge in [-0.1, -0.05) is 35.9 Å². The molecule has 4 aromatic rings. The van der Waals surface area contributed by atoms with Crippen molar-refractivity contribution in [1.29, 1.82) is 0 Å². The van der Waals surface area contributed by atoms with Gasteiger partial charge in [-0.3, -0.25) is 14.8 Å². The molecular formula is C25H22N4O3. The van der Waals surface area contributed by atoms with E-state index >= 15 is 0 Å². The first kappa shape index (κ1) is 21.0. The first-order valence-corrected chi connectivity index (χ1v) is 10.0. The fourth-order valence-electron chi connectivity index (χ4n) is 3.22. The Morgan fingerprint density at radius 2 is 1.75 bits per heavy atom. The summed E-state index contributed by atoms with van der Waals surface area (Å²) in [6, 6.07) is 18.9. The van der Waals surface area contributed by atoms with Crippen LogP contribution in [-0.2, 0) is 4.79 Å². The predicted octanol–water partition coefficient (Wildman–Crippen LogP) is 4.54. The van der Waals surface area contributed by atoms with E-state index in [2.05, 4.69) is 20.3 Å².